The predicted octanol–water partition coefficient (Wildman–Crippen LogP) is 3.70. The number of nitrogens with zero attached hydrogens (tertiary/aromatic N) is 1. The average Bonchev–Trinajstić information content (AvgIpc) is 2.70. The van der Waals surface area contributed by atoms with E-state index in [9.17, 15) is 0 Å². The molecular weight excluding hydrogens is 342 g/mol. The van der Waals surface area contributed by atoms with Crippen LogP contribution < -0.4 is 15.4 Å². The number of nitrogens with one attached hydrogen (secondary N) is 2. The molecular formula is C21H29N3OS. The molecule has 0 saturated heterocycles. The van der Waals surface area contributed by atoms with Gasteiger partial charge in [0.25, 0.3) is 0 Å². The first kappa shape index (κ1) is 20.2. The molecule has 0 aliphatic heterocycles. The van der Waals surface area contributed by atoms with Gasteiger partial charge in [0.2, 0.25) is 0 Å². The van der Waals surface area contributed by atoms with Crippen LogP contribution in [0.15, 0.2) is 48.5 Å². The van der Waals surface area contributed by atoms with Gasteiger partial charge in [-0.25, -0.2) is 0 Å². The number of hydrogen-bond donors (Lipinski definition) is 2. The second-order valence-corrected chi connectivity index (χ2v) is 6.57. The van der Waals surface area contributed by atoms with Crippen molar-refractivity contribution < 1.29 is 4.74 Å². The summed E-state index contributed by atoms with van der Waals surface area (Å²) < 4.78 is 5.16. The SMILES string of the molecule is CCN(CC)Cc1ccc(CNC(=S)NCc2ccc(OC)cc2)cc1. The van der Waals surface area contributed by atoms with Crippen LogP contribution in [0.4, 0.5) is 0 Å². The van der Waals surface area contributed by atoms with Gasteiger partial charge in [0, 0.05) is 19.6 Å². The van der Waals surface area contributed by atoms with Gasteiger partial charge in [-0.2, -0.15) is 0 Å². The zero-order chi connectivity index (χ0) is 18.8. The van der Waals surface area contributed by atoms with Crippen molar-refractivity contribution in [3.63, 3.8) is 0 Å². The maximum atomic E-state index is 5.36. The first-order valence-corrected chi connectivity index (χ1v) is 9.50. The Balaban J connectivity index is 1.74. The van der Waals surface area contributed by atoms with Gasteiger partial charge in [0.15, 0.2) is 5.11 Å². The fourth-order valence-electron chi connectivity index (χ4n) is 2.64. The van der Waals surface area contributed by atoms with E-state index >= 15 is 0 Å². The summed E-state index contributed by atoms with van der Waals surface area (Å²) in [6.45, 7) is 8.96. The summed E-state index contributed by atoms with van der Waals surface area (Å²) in [5.41, 5.74) is 3.73. The van der Waals surface area contributed by atoms with Crippen molar-refractivity contribution in [1.29, 1.82) is 0 Å². The highest BCUT2D eigenvalue weighted by Gasteiger charge is 2.02. The number of rotatable bonds is 9. The van der Waals surface area contributed by atoms with Crippen molar-refractivity contribution in [2.45, 2.75) is 33.5 Å². The fourth-order valence-corrected chi connectivity index (χ4v) is 2.78. The molecule has 0 aliphatic rings. The highest BCUT2D eigenvalue weighted by atomic mass is 32.1. The van der Waals surface area contributed by atoms with Crippen LogP contribution in [0.5, 0.6) is 5.75 Å². The molecule has 140 valence electrons. The minimum atomic E-state index is 0.660. The molecule has 0 fully saturated rings. The number of thiocarbonyl (C=S) groups is 1. The van der Waals surface area contributed by atoms with Gasteiger partial charge < -0.3 is 15.4 Å². The summed E-state index contributed by atoms with van der Waals surface area (Å²) in [4.78, 5) is 2.41. The van der Waals surface area contributed by atoms with Crippen LogP contribution in [0, 0.1) is 0 Å². The van der Waals surface area contributed by atoms with Crippen molar-refractivity contribution in [2.24, 2.45) is 0 Å². The van der Waals surface area contributed by atoms with Gasteiger partial charge in [0.05, 0.1) is 7.11 Å². The van der Waals surface area contributed by atoms with Crippen molar-refractivity contribution in [3.05, 3.63) is 65.2 Å². The summed E-state index contributed by atoms with van der Waals surface area (Å²) in [6, 6.07) is 16.7. The van der Waals surface area contributed by atoms with Crippen molar-refractivity contribution in [1.82, 2.24) is 15.5 Å². The largest absolute Gasteiger partial charge is 0.497 e. The molecule has 2 aromatic carbocycles. The third kappa shape index (κ3) is 6.65. The van der Waals surface area contributed by atoms with Crippen LogP contribution in [-0.2, 0) is 19.6 Å². The highest BCUT2D eigenvalue weighted by molar-refractivity contribution is 7.80. The molecule has 0 heterocycles. The lowest BCUT2D eigenvalue weighted by molar-refractivity contribution is 0.296. The Hall–Kier alpha value is -2.11. The smallest absolute Gasteiger partial charge is 0.166 e. The molecule has 2 N–H and O–H groups in total. The van der Waals surface area contributed by atoms with Gasteiger partial charge in [-0.3, -0.25) is 4.90 Å². The van der Waals surface area contributed by atoms with Crippen LogP contribution >= 0.6 is 12.2 Å². The van der Waals surface area contributed by atoms with Crippen molar-refractivity contribution in [3.8, 4) is 5.75 Å². The third-order valence-corrected chi connectivity index (χ3v) is 4.68. The lowest BCUT2D eigenvalue weighted by atomic mass is 10.1. The van der Waals surface area contributed by atoms with E-state index < -0.39 is 0 Å². The summed E-state index contributed by atoms with van der Waals surface area (Å²) >= 11 is 5.36. The first-order valence-electron chi connectivity index (χ1n) is 9.09. The van der Waals surface area contributed by atoms with E-state index in [4.69, 9.17) is 17.0 Å². The number of benzene rings is 2. The van der Waals surface area contributed by atoms with Crippen LogP contribution in [-0.4, -0.2) is 30.2 Å². The van der Waals surface area contributed by atoms with Crippen LogP contribution in [0.25, 0.3) is 0 Å². The van der Waals surface area contributed by atoms with Gasteiger partial charge >= 0.3 is 0 Å². The topological polar surface area (TPSA) is 36.5 Å². The molecule has 0 unspecified atom stereocenters. The van der Waals surface area contributed by atoms with Crippen molar-refractivity contribution in [2.75, 3.05) is 20.2 Å². The number of ether oxygens (including phenoxy) is 1. The highest BCUT2D eigenvalue weighted by Crippen LogP contribution is 2.11. The van der Waals surface area contributed by atoms with E-state index in [0.717, 1.165) is 37.5 Å². The van der Waals surface area contributed by atoms with E-state index in [-0.39, 0.29) is 0 Å². The lowest BCUT2D eigenvalue weighted by Gasteiger charge is -2.18. The summed E-state index contributed by atoms with van der Waals surface area (Å²) in [5.74, 6) is 0.860. The monoisotopic (exact) mass is 371 g/mol. The normalized spacial score (nSPS) is 10.6. The Morgan fingerprint density at radius 2 is 1.31 bits per heavy atom. The van der Waals surface area contributed by atoms with E-state index in [1.54, 1.807) is 7.11 Å². The molecule has 0 aromatic heterocycles. The summed E-state index contributed by atoms with van der Waals surface area (Å²) in [5, 5.41) is 7.15. The molecule has 5 heteroatoms. The average molecular weight is 372 g/mol. The van der Waals surface area contributed by atoms with Gasteiger partial charge in [-0.15, -0.1) is 0 Å². The fraction of sp³-hybridized carbons (Fsp3) is 0.381. The van der Waals surface area contributed by atoms with E-state index in [1.165, 1.54) is 11.1 Å². The molecule has 0 saturated carbocycles. The van der Waals surface area contributed by atoms with Gasteiger partial charge in [-0.05, 0) is 54.1 Å². The van der Waals surface area contributed by atoms with Gasteiger partial charge in [0.1, 0.15) is 5.75 Å². The van der Waals surface area contributed by atoms with Crippen molar-refractivity contribution >= 4 is 17.3 Å². The van der Waals surface area contributed by atoms with Gasteiger partial charge in [-0.1, -0.05) is 50.2 Å². The zero-order valence-corrected chi connectivity index (χ0v) is 16.7. The summed E-state index contributed by atoms with van der Waals surface area (Å²) in [6.07, 6.45) is 0. The maximum Gasteiger partial charge on any atom is 0.166 e. The third-order valence-electron chi connectivity index (χ3n) is 4.39. The Kier molecular flexibility index (Phi) is 8.38. The van der Waals surface area contributed by atoms with Crippen LogP contribution in [0.2, 0.25) is 0 Å². The minimum Gasteiger partial charge on any atom is -0.497 e. The molecule has 4 nitrogen and oxygen atoms in total. The summed E-state index contributed by atoms with van der Waals surface area (Å²) in [7, 11) is 1.67. The molecule has 0 amide bonds. The second-order valence-electron chi connectivity index (χ2n) is 6.16. The molecule has 26 heavy (non-hydrogen) atoms. The predicted molar refractivity (Wildman–Crippen MR) is 112 cm³/mol. The molecule has 0 spiro atoms. The number of hydrogen-bond acceptors (Lipinski definition) is 3. The molecule has 0 bridgehead atoms. The molecule has 2 rings (SSSR count). The quantitative estimate of drug-likeness (QED) is 0.657. The first-order chi connectivity index (χ1) is 12.6. The van der Waals surface area contributed by atoms with E-state index in [0.29, 0.717) is 11.7 Å². The Morgan fingerprint density at radius 3 is 1.77 bits per heavy atom. The van der Waals surface area contributed by atoms with Crippen LogP contribution in [0.3, 0.4) is 0 Å². The standard InChI is InChI=1S/C21H29N3OS/c1-4-24(5-2)16-19-8-6-17(7-9-19)14-22-21(26)23-15-18-10-12-20(25-3)13-11-18/h6-13H,4-5,14-16H2,1-3H3,(H2,22,23,26). The Bertz CT molecular complexity index is 667. The second kappa shape index (κ2) is 10.8. The van der Waals surface area contributed by atoms with E-state index in [1.807, 2.05) is 24.3 Å². The molecule has 2 aromatic rings. The zero-order valence-electron chi connectivity index (χ0n) is 15.9. The van der Waals surface area contributed by atoms with E-state index in [2.05, 4.69) is 53.6 Å². The molecule has 0 radical (unpaired) electrons. The molecule has 0 aliphatic carbocycles. The Labute approximate surface area is 162 Å². The maximum absolute atomic E-state index is 5.36. The van der Waals surface area contributed by atoms with Crippen LogP contribution in [0.1, 0.15) is 30.5 Å². The lowest BCUT2D eigenvalue weighted by Crippen LogP contribution is -2.34. The molecule has 0 atom stereocenters. The minimum absolute atomic E-state index is 0.660. The number of methoxy groups -OCH3 is 1. The Morgan fingerprint density at radius 1 is 0.846 bits per heavy atom.